The molecule has 1 heterocycles. The van der Waals surface area contributed by atoms with Gasteiger partial charge < -0.3 is 0 Å². The first-order valence-electron chi connectivity index (χ1n) is 9.31. The molecular formula is C21H23N3O4. The number of nitro groups is 1. The van der Waals surface area contributed by atoms with E-state index >= 15 is 0 Å². The number of non-ortho nitro benzene ring substituents is 1. The smallest absolute Gasteiger partial charge is 0.270 e. The molecule has 0 N–H and O–H groups in total. The highest BCUT2D eigenvalue weighted by atomic mass is 16.6. The number of benzene rings is 2. The third kappa shape index (κ3) is 4.09. The molecule has 1 aliphatic heterocycles. The highest BCUT2D eigenvalue weighted by molar-refractivity contribution is 6.21. The first-order valence-corrected chi connectivity index (χ1v) is 9.31. The summed E-state index contributed by atoms with van der Waals surface area (Å²) in [7, 11) is 0. The fourth-order valence-corrected chi connectivity index (χ4v) is 3.37. The molecule has 2 amide bonds. The maximum absolute atomic E-state index is 12.6. The molecule has 7 heteroatoms. The van der Waals surface area contributed by atoms with Gasteiger partial charge in [0.2, 0.25) is 0 Å². The van der Waals surface area contributed by atoms with Crippen molar-refractivity contribution < 1.29 is 14.5 Å². The van der Waals surface area contributed by atoms with E-state index in [9.17, 15) is 19.7 Å². The zero-order valence-corrected chi connectivity index (χ0v) is 16.0. The Morgan fingerprint density at radius 1 is 1.04 bits per heavy atom. The Kier molecular flexibility index (Phi) is 5.84. The lowest BCUT2D eigenvalue weighted by Gasteiger charge is -2.27. The molecule has 0 bridgehead atoms. The van der Waals surface area contributed by atoms with E-state index in [0.717, 1.165) is 13.1 Å². The van der Waals surface area contributed by atoms with Crippen LogP contribution in [0.25, 0.3) is 0 Å². The van der Waals surface area contributed by atoms with Gasteiger partial charge in [-0.1, -0.05) is 30.3 Å². The van der Waals surface area contributed by atoms with Gasteiger partial charge in [0.15, 0.2) is 0 Å². The second kappa shape index (κ2) is 8.31. The van der Waals surface area contributed by atoms with Crippen molar-refractivity contribution in [2.75, 3.05) is 13.1 Å². The largest absolute Gasteiger partial charge is 0.297 e. The first-order chi connectivity index (χ1) is 13.4. The fraction of sp³-hybridized carbons (Fsp3) is 0.333. The molecule has 0 spiro atoms. The van der Waals surface area contributed by atoms with Gasteiger partial charge in [-0.25, -0.2) is 0 Å². The molecule has 146 valence electrons. The summed E-state index contributed by atoms with van der Waals surface area (Å²) in [5.74, 6) is -0.836. The molecule has 0 radical (unpaired) electrons. The molecule has 2 aromatic carbocycles. The lowest BCUT2D eigenvalue weighted by Crippen LogP contribution is -2.36. The van der Waals surface area contributed by atoms with Crippen LogP contribution in [-0.4, -0.2) is 45.7 Å². The molecule has 1 aliphatic rings. The number of fused-ring (bicyclic) bond motifs is 1. The molecule has 0 saturated heterocycles. The summed E-state index contributed by atoms with van der Waals surface area (Å²) in [6.45, 7) is 6.05. The van der Waals surface area contributed by atoms with Gasteiger partial charge >= 0.3 is 0 Å². The van der Waals surface area contributed by atoms with Crippen LogP contribution in [0.2, 0.25) is 0 Å². The van der Waals surface area contributed by atoms with Crippen molar-refractivity contribution in [1.29, 1.82) is 0 Å². The third-order valence-electron chi connectivity index (χ3n) is 4.95. The zero-order valence-electron chi connectivity index (χ0n) is 16.0. The number of nitrogens with zero attached hydrogens (tertiary/aromatic N) is 3. The quantitative estimate of drug-likeness (QED) is 0.397. The van der Waals surface area contributed by atoms with E-state index in [1.165, 1.54) is 28.7 Å². The van der Waals surface area contributed by atoms with Crippen LogP contribution >= 0.6 is 0 Å². The molecule has 3 rings (SSSR count). The Morgan fingerprint density at radius 3 is 2.36 bits per heavy atom. The minimum absolute atomic E-state index is 0.115. The predicted octanol–water partition coefficient (Wildman–Crippen LogP) is 3.49. The molecule has 7 nitrogen and oxygen atoms in total. The Hall–Kier alpha value is -3.06. The molecule has 0 unspecified atom stereocenters. The Morgan fingerprint density at radius 2 is 1.71 bits per heavy atom. The second-order valence-electron chi connectivity index (χ2n) is 7.15. The highest BCUT2D eigenvalue weighted by Gasteiger charge is 2.36. The molecular weight excluding hydrogens is 358 g/mol. The molecule has 0 saturated carbocycles. The molecule has 2 aromatic rings. The minimum atomic E-state index is -0.565. The van der Waals surface area contributed by atoms with Crippen LogP contribution in [-0.2, 0) is 6.54 Å². The maximum Gasteiger partial charge on any atom is 0.270 e. The number of hydrogen-bond donors (Lipinski definition) is 0. The highest BCUT2D eigenvalue weighted by Crippen LogP contribution is 2.27. The van der Waals surface area contributed by atoms with E-state index in [-0.39, 0.29) is 29.3 Å². The van der Waals surface area contributed by atoms with Crippen LogP contribution < -0.4 is 0 Å². The van der Waals surface area contributed by atoms with Crippen LogP contribution in [0.3, 0.4) is 0 Å². The molecule has 0 aliphatic carbocycles. The SMILES string of the molecule is CC(C)N(CCCN1C(=O)c2ccc([N+](=O)[O-])cc2C1=O)Cc1ccccc1. The van der Waals surface area contributed by atoms with Crippen molar-refractivity contribution in [3.8, 4) is 0 Å². The van der Waals surface area contributed by atoms with Gasteiger partial charge in [-0.3, -0.25) is 29.5 Å². The average molecular weight is 381 g/mol. The van der Waals surface area contributed by atoms with Crippen molar-refractivity contribution in [2.24, 2.45) is 0 Å². The molecule has 0 aromatic heterocycles. The molecule has 0 atom stereocenters. The molecule has 0 fully saturated rings. The second-order valence-corrected chi connectivity index (χ2v) is 7.15. The van der Waals surface area contributed by atoms with Gasteiger partial charge in [-0.15, -0.1) is 0 Å². The van der Waals surface area contributed by atoms with Crippen LogP contribution in [0, 0.1) is 10.1 Å². The summed E-state index contributed by atoms with van der Waals surface area (Å²) in [5.41, 5.74) is 1.38. The van der Waals surface area contributed by atoms with Gasteiger partial charge in [-0.2, -0.15) is 0 Å². The van der Waals surface area contributed by atoms with Gasteiger partial charge in [-0.05, 0) is 31.9 Å². The lowest BCUT2D eigenvalue weighted by molar-refractivity contribution is -0.384. The van der Waals surface area contributed by atoms with E-state index in [4.69, 9.17) is 0 Å². The summed E-state index contributed by atoms with van der Waals surface area (Å²) in [6.07, 6.45) is 0.637. The van der Waals surface area contributed by atoms with Crippen molar-refractivity contribution in [1.82, 2.24) is 9.80 Å². The summed E-state index contributed by atoms with van der Waals surface area (Å²) in [5, 5.41) is 10.9. The molecule has 28 heavy (non-hydrogen) atoms. The number of rotatable bonds is 8. The number of imide groups is 1. The normalized spacial score (nSPS) is 13.5. The maximum atomic E-state index is 12.6. The van der Waals surface area contributed by atoms with E-state index in [1.807, 2.05) is 18.2 Å². The van der Waals surface area contributed by atoms with Crippen LogP contribution in [0.4, 0.5) is 5.69 Å². The van der Waals surface area contributed by atoms with Gasteiger partial charge in [0.05, 0.1) is 16.1 Å². The van der Waals surface area contributed by atoms with E-state index in [0.29, 0.717) is 12.5 Å². The predicted molar refractivity (Wildman–Crippen MR) is 105 cm³/mol. The van der Waals surface area contributed by atoms with E-state index in [2.05, 4.69) is 30.9 Å². The standard InChI is InChI=1S/C21H23N3O4/c1-15(2)22(14-16-7-4-3-5-8-16)11-6-12-23-20(25)18-10-9-17(24(27)28)13-19(18)21(23)26/h3-5,7-10,13,15H,6,11-12,14H2,1-2H3. The Labute approximate surface area is 163 Å². The monoisotopic (exact) mass is 381 g/mol. The van der Waals surface area contributed by atoms with Gasteiger partial charge in [0.1, 0.15) is 0 Å². The topological polar surface area (TPSA) is 83.8 Å². The summed E-state index contributed by atoms with van der Waals surface area (Å²) < 4.78 is 0. The number of carbonyl (C=O) groups excluding carboxylic acids is 2. The van der Waals surface area contributed by atoms with Crippen molar-refractivity contribution >= 4 is 17.5 Å². The summed E-state index contributed by atoms with van der Waals surface area (Å²) >= 11 is 0. The average Bonchev–Trinajstić information content (AvgIpc) is 2.92. The number of hydrogen-bond acceptors (Lipinski definition) is 5. The van der Waals surface area contributed by atoms with Crippen LogP contribution in [0.15, 0.2) is 48.5 Å². The van der Waals surface area contributed by atoms with E-state index in [1.54, 1.807) is 0 Å². The van der Waals surface area contributed by atoms with Gasteiger partial charge in [0, 0.05) is 37.8 Å². The summed E-state index contributed by atoms with van der Waals surface area (Å²) in [6, 6.07) is 14.3. The minimum Gasteiger partial charge on any atom is -0.297 e. The van der Waals surface area contributed by atoms with Gasteiger partial charge in [0.25, 0.3) is 17.5 Å². The Bertz CT molecular complexity index is 896. The lowest BCUT2D eigenvalue weighted by atomic mass is 10.1. The summed E-state index contributed by atoms with van der Waals surface area (Å²) in [4.78, 5) is 38.9. The van der Waals surface area contributed by atoms with Crippen LogP contribution in [0.1, 0.15) is 46.5 Å². The van der Waals surface area contributed by atoms with E-state index < -0.39 is 10.8 Å². The van der Waals surface area contributed by atoms with Crippen molar-refractivity contribution in [3.63, 3.8) is 0 Å². The Balaban J connectivity index is 1.63. The van der Waals surface area contributed by atoms with Crippen molar-refractivity contribution in [3.05, 3.63) is 75.3 Å². The number of carbonyl (C=O) groups is 2. The first kappa shape index (κ1) is 19.7. The van der Waals surface area contributed by atoms with Crippen LogP contribution in [0.5, 0.6) is 0 Å². The fourth-order valence-electron chi connectivity index (χ4n) is 3.37. The van der Waals surface area contributed by atoms with Crippen molar-refractivity contribution in [2.45, 2.75) is 32.9 Å². The number of amides is 2. The number of nitro benzene ring substituents is 1. The third-order valence-corrected chi connectivity index (χ3v) is 4.95. The zero-order chi connectivity index (χ0) is 20.3.